The van der Waals surface area contributed by atoms with Gasteiger partial charge in [0.2, 0.25) is 0 Å². The number of methoxy groups -OCH3 is 2. The van der Waals surface area contributed by atoms with Crippen LogP contribution in [0.1, 0.15) is 13.8 Å². The van der Waals surface area contributed by atoms with Crippen LogP contribution in [0.3, 0.4) is 0 Å². The van der Waals surface area contributed by atoms with Crippen molar-refractivity contribution in [1.82, 2.24) is 10.6 Å². The number of anilines is 2. The number of amides is 4. The van der Waals surface area contributed by atoms with Gasteiger partial charge >= 0.3 is 24.0 Å². The Bertz CT molecular complexity index is 885. The maximum atomic E-state index is 12.3. The molecule has 0 bridgehead atoms. The number of urea groups is 2. The molecule has 0 heterocycles. The lowest BCUT2D eigenvalue weighted by atomic mass is 10.1. The van der Waals surface area contributed by atoms with E-state index in [9.17, 15) is 19.2 Å². The molecule has 30 heavy (non-hydrogen) atoms. The van der Waals surface area contributed by atoms with E-state index in [4.69, 9.17) is 0 Å². The second-order valence-electron chi connectivity index (χ2n) is 6.43. The first-order chi connectivity index (χ1) is 14.2. The third-order valence-corrected chi connectivity index (χ3v) is 4.19. The molecule has 0 aliphatic carbocycles. The Kier molecular flexibility index (Phi) is 7.56. The van der Waals surface area contributed by atoms with Gasteiger partial charge in [0.15, 0.2) is 0 Å². The van der Waals surface area contributed by atoms with Crippen LogP contribution in [0.4, 0.5) is 21.0 Å². The number of carbonyl (C=O) groups is 4. The van der Waals surface area contributed by atoms with Gasteiger partial charge < -0.3 is 30.7 Å². The van der Waals surface area contributed by atoms with Crippen LogP contribution in [0.2, 0.25) is 0 Å². The first-order valence-electron chi connectivity index (χ1n) is 9.08. The summed E-state index contributed by atoms with van der Waals surface area (Å²) < 4.78 is 9.16. The fourth-order valence-corrected chi connectivity index (χ4v) is 2.63. The third kappa shape index (κ3) is 5.84. The van der Waals surface area contributed by atoms with E-state index in [1.165, 1.54) is 28.1 Å². The van der Waals surface area contributed by atoms with Gasteiger partial charge in [-0.25, -0.2) is 19.2 Å². The van der Waals surface area contributed by atoms with Crippen molar-refractivity contribution < 1.29 is 28.7 Å². The van der Waals surface area contributed by atoms with Gasteiger partial charge in [0.25, 0.3) is 0 Å². The number of carbonyl (C=O) groups excluding carboxylic acids is 4. The van der Waals surface area contributed by atoms with Crippen LogP contribution in [0.25, 0.3) is 10.8 Å². The number of esters is 2. The number of rotatable bonds is 6. The normalized spacial score (nSPS) is 12.3. The summed E-state index contributed by atoms with van der Waals surface area (Å²) in [6.07, 6.45) is 0. The first kappa shape index (κ1) is 22.5. The molecular formula is C20H24N4O6. The van der Waals surface area contributed by atoms with Crippen LogP contribution in [-0.4, -0.2) is 50.3 Å². The Morgan fingerprint density at radius 3 is 1.43 bits per heavy atom. The van der Waals surface area contributed by atoms with Gasteiger partial charge in [-0.05, 0) is 36.8 Å². The van der Waals surface area contributed by atoms with Crippen molar-refractivity contribution in [2.75, 3.05) is 24.9 Å². The van der Waals surface area contributed by atoms with E-state index in [0.29, 0.717) is 11.4 Å². The highest BCUT2D eigenvalue weighted by molar-refractivity contribution is 6.04. The molecule has 0 aliphatic rings. The van der Waals surface area contributed by atoms with Crippen molar-refractivity contribution in [2.45, 2.75) is 25.9 Å². The maximum Gasteiger partial charge on any atom is 0.328 e. The second kappa shape index (κ2) is 10.1. The minimum absolute atomic E-state index is 0.295. The van der Waals surface area contributed by atoms with Crippen LogP contribution >= 0.6 is 0 Å². The van der Waals surface area contributed by atoms with Crippen LogP contribution in [-0.2, 0) is 19.1 Å². The van der Waals surface area contributed by atoms with Crippen LogP contribution < -0.4 is 21.3 Å². The Balaban J connectivity index is 2.24. The summed E-state index contributed by atoms with van der Waals surface area (Å²) in [6, 6.07) is 7.68. The molecule has 10 heteroatoms. The summed E-state index contributed by atoms with van der Waals surface area (Å²) in [5.41, 5.74) is 0.591. The molecule has 2 aromatic carbocycles. The molecule has 0 saturated heterocycles. The van der Waals surface area contributed by atoms with Gasteiger partial charge in [-0.3, -0.25) is 0 Å². The molecule has 0 fully saturated rings. The van der Waals surface area contributed by atoms with E-state index in [1.807, 2.05) is 24.3 Å². The number of fused-ring (bicyclic) bond motifs is 1. The highest BCUT2D eigenvalue weighted by atomic mass is 16.5. The Hall–Kier alpha value is -3.82. The van der Waals surface area contributed by atoms with Crippen LogP contribution in [0.15, 0.2) is 36.4 Å². The molecule has 0 spiro atoms. The van der Waals surface area contributed by atoms with Crippen molar-refractivity contribution in [3.05, 3.63) is 36.4 Å². The number of benzene rings is 2. The number of nitrogens with one attached hydrogen (secondary N) is 4. The summed E-state index contributed by atoms with van der Waals surface area (Å²) in [5, 5.41) is 11.8. The van der Waals surface area contributed by atoms with E-state index in [1.54, 1.807) is 12.1 Å². The summed E-state index contributed by atoms with van der Waals surface area (Å²) in [6.45, 7) is 2.96. The second-order valence-corrected chi connectivity index (χ2v) is 6.43. The zero-order valence-electron chi connectivity index (χ0n) is 17.1. The SMILES string of the molecule is COC(=O)[C@H](C)NC(=O)Nc1cc2ccccc2cc1NC(=O)N[C@@H](C)C(=O)OC. The molecule has 0 aromatic heterocycles. The highest BCUT2D eigenvalue weighted by Crippen LogP contribution is 2.28. The van der Waals surface area contributed by atoms with E-state index < -0.39 is 36.1 Å². The van der Waals surface area contributed by atoms with Crippen molar-refractivity contribution in [1.29, 1.82) is 0 Å². The van der Waals surface area contributed by atoms with Crippen LogP contribution in [0.5, 0.6) is 0 Å². The molecule has 0 aliphatic heterocycles. The molecule has 4 amide bonds. The lowest BCUT2D eigenvalue weighted by Gasteiger charge is -2.17. The molecule has 0 saturated carbocycles. The molecule has 2 aromatic rings. The largest absolute Gasteiger partial charge is 0.467 e. The molecule has 2 atom stereocenters. The van der Waals surface area contributed by atoms with Crippen molar-refractivity contribution in [3.63, 3.8) is 0 Å². The average Bonchev–Trinajstić information content (AvgIpc) is 2.72. The highest BCUT2D eigenvalue weighted by Gasteiger charge is 2.19. The summed E-state index contributed by atoms with van der Waals surface area (Å²) in [7, 11) is 2.44. The zero-order chi connectivity index (χ0) is 22.3. The summed E-state index contributed by atoms with van der Waals surface area (Å²) >= 11 is 0. The van der Waals surface area contributed by atoms with E-state index >= 15 is 0 Å². The van der Waals surface area contributed by atoms with Gasteiger partial charge in [0.05, 0.1) is 25.6 Å². The lowest BCUT2D eigenvalue weighted by Crippen LogP contribution is -2.42. The number of ether oxygens (including phenoxy) is 2. The standard InChI is InChI=1S/C20H24N4O6/c1-11(17(25)29-3)21-19(27)23-15-9-13-7-5-6-8-14(13)10-16(15)24-20(28)22-12(2)18(26)30-4/h5-12H,1-4H3,(H2,21,23,27)(H2,22,24,28)/t11-,12-/m0/s1. The van der Waals surface area contributed by atoms with E-state index in [-0.39, 0.29) is 0 Å². The molecular weight excluding hydrogens is 392 g/mol. The van der Waals surface area contributed by atoms with Crippen molar-refractivity contribution in [2.24, 2.45) is 0 Å². The molecule has 0 unspecified atom stereocenters. The molecule has 2 rings (SSSR count). The first-order valence-corrected chi connectivity index (χ1v) is 9.08. The zero-order valence-corrected chi connectivity index (χ0v) is 17.1. The average molecular weight is 416 g/mol. The molecule has 0 radical (unpaired) electrons. The lowest BCUT2D eigenvalue weighted by molar-refractivity contribution is -0.143. The Labute approximate surface area is 173 Å². The van der Waals surface area contributed by atoms with E-state index in [0.717, 1.165) is 10.8 Å². The smallest absolute Gasteiger partial charge is 0.328 e. The van der Waals surface area contributed by atoms with Crippen molar-refractivity contribution in [3.8, 4) is 0 Å². The predicted molar refractivity (Wildman–Crippen MR) is 111 cm³/mol. The maximum absolute atomic E-state index is 12.3. The number of hydrogen-bond acceptors (Lipinski definition) is 6. The minimum atomic E-state index is -0.865. The minimum Gasteiger partial charge on any atom is -0.467 e. The van der Waals surface area contributed by atoms with Gasteiger partial charge in [0, 0.05) is 0 Å². The Morgan fingerprint density at radius 2 is 1.10 bits per heavy atom. The third-order valence-electron chi connectivity index (χ3n) is 4.19. The fraction of sp³-hybridized carbons (Fsp3) is 0.300. The fourth-order valence-electron chi connectivity index (χ4n) is 2.63. The van der Waals surface area contributed by atoms with Gasteiger partial charge in [0.1, 0.15) is 12.1 Å². The van der Waals surface area contributed by atoms with Gasteiger partial charge in [-0.2, -0.15) is 0 Å². The summed E-state index contributed by atoms with van der Waals surface area (Å²) in [4.78, 5) is 47.6. The van der Waals surface area contributed by atoms with Gasteiger partial charge in [-0.1, -0.05) is 24.3 Å². The Morgan fingerprint density at radius 1 is 0.733 bits per heavy atom. The molecule has 4 N–H and O–H groups in total. The molecule has 10 nitrogen and oxygen atoms in total. The molecule has 160 valence electrons. The van der Waals surface area contributed by atoms with Crippen LogP contribution in [0, 0.1) is 0 Å². The topological polar surface area (TPSA) is 135 Å². The monoisotopic (exact) mass is 416 g/mol. The quantitative estimate of drug-likeness (QED) is 0.533. The summed E-state index contributed by atoms with van der Waals surface area (Å²) in [5.74, 6) is -1.20. The van der Waals surface area contributed by atoms with E-state index in [2.05, 4.69) is 30.7 Å². The van der Waals surface area contributed by atoms with Gasteiger partial charge in [-0.15, -0.1) is 0 Å². The number of hydrogen-bond donors (Lipinski definition) is 4. The van der Waals surface area contributed by atoms with Crippen molar-refractivity contribution >= 4 is 46.1 Å². The predicted octanol–water partition coefficient (Wildman–Crippen LogP) is 2.21.